The fourth-order valence-corrected chi connectivity index (χ4v) is 3.78. The van der Waals surface area contributed by atoms with Gasteiger partial charge >= 0.3 is 0 Å². The van der Waals surface area contributed by atoms with Gasteiger partial charge in [0.2, 0.25) is 11.8 Å². The zero-order valence-corrected chi connectivity index (χ0v) is 16.0. The molecule has 2 aromatic rings. The van der Waals surface area contributed by atoms with Gasteiger partial charge in [0.25, 0.3) is 0 Å². The van der Waals surface area contributed by atoms with E-state index in [-0.39, 0.29) is 0 Å². The quantitative estimate of drug-likeness (QED) is 0.802. The number of anilines is 2. The first-order valence-electron chi connectivity index (χ1n) is 9.86. The van der Waals surface area contributed by atoms with Crippen LogP contribution in [0.25, 0.3) is 0 Å². The van der Waals surface area contributed by atoms with Gasteiger partial charge in [-0.1, -0.05) is 6.07 Å². The molecule has 0 aliphatic carbocycles. The molecular weight excluding hydrogens is 340 g/mol. The molecule has 2 fully saturated rings. The summed E-state index contributed by atoms with van der Waals surface area (Å²) in [6.07, 6.45) is 7.66. The molecule has 4 rings (SSSR count). The molecule has 0 N–H and O–H groups in total. The van der Waals surface area contributed by atoms with E-state index in [1.807, 2.05) is 24.5 Å². The molecule has 27 heavy (non-hydrogen) atoms. The Balaban J connectivity index is 1.33. The van der Waals surface area contributed by atoms with Crippen LogP contribution in [0.15, 0.2) is 30.6 Å². The molecule has 0 atom stereocenters. The molecule has 7 heteroatoms. The number of nitrogens with zero attached hydrogens (tertiary/aromatic N) is 6. The van der Waals surface area contributed by atoms with Crippen molar-refractivity contribution in [3.63, 3.8) is 0 Å². The molecule has 7 nitrogen and oxygen atoms in total. The maximum Gasteiger partial charge on any atom is 0.227 e. The summed E-state index contributed by atoms with van der Waals surface area (Å²) in [7, 11) is 1.64. The van der Waals surface area contributed by atoms with E-state index in [2.05, 4.69) is 30.7 Å². The van der Waals surface area contributed by atoms with Gasteiger partial charge in [-0.15, -0.1) is 0 Å². The van der Waals surface area contributed by atoms with E-state index in [1.54, 1.807) is 7.11 Å². The third-order valence-electron chi connectivity index (χ3n) is 5.38. The van der Waals surface area contributed by atoms with Crippen molar-refractivity contribution in [3.05, 3.63) is 36.2 Å². The Hall–Kier alpha value is -2.41. The van der Waals surface area contributed by atoms with Crippen molar-refractivity contribution >= 4 is 11.8 Å². The molecule has 2 aliphatic rings. The molecule has 4 heterocycles. The average Bonchev–Trinajstić information content (AvgIpc) is 2.75. The number of rotatable bonds is 5. The summed E-state index contributed by atoms with van der Waals surface area (Å²) in [6.45, 7) is 7.05. The van der Waals surface area contributed by atoms with Gasteiger partial charge in [0, 0.05) is 64.3 Å². The van der Waals surface area contributed by atoms with E-state index in [0.717, 1.165) is 57.6 Å². The van der Waals surface area contributed by atoms with Gasteiger partial charge in [-0.3, -0.25) is 4.90 Å². The Kier molecular flexibility index (Phi) is 5.67. The van der Waals surface area contributed by atoms with Crippen LogP contribution >= 0.6 is 0 Å². The van der Waals surface area contributed by atoms with Gasteiger partial charge in [-0.25, -0.2) is 9.97 Å². The van der Waals surface area contributed by atoms with Crippen molar-refractivity contribution in [2.45, 2.75) is 25.8 Å². The van der Waals surface area contributed by atoms with Crippen molar-refractivity contribution in [1.29, 1.82) is 0 Å². The Bertz CT molecular complexity index is 724. The minimum atomic E-state index is 0.661. The first-order chi connectivity index (χ1) is 13.3. The Morgan fingerprint density at radius 3 is 2.41 bits per heavy atom. The molecule has 0 radical (unpaired) electrons. The lowest BCUT2D eigenvalue weighted by molar-refractivity contribution is 0.248. The molecular formula is C20H28N6O. The summed E-state index contributed by atoms with van der Waals surface area (Å²) in [5, 5.41) is 0. The van der Waals surface area contributed by atoms with Crippen LogP contribution in [-0.2, 0) is 6.54 Å². The number of piperidine rings is 1. The number of pyridine rings is 1. The molecule has 0 amide bonds. The maximum atomic E-state index is 5.13. The third kappa shape index (κ3) is 4.47. The average molecular weight is 368 g/mol. The molecule has 144 valence electrons. The van der Waals surface area contributed by atoms with Crippen LogP contribution in [0.1, 0.15) is 24.8 Å². The van der Waals surface area contributed by atoms with Crippen LogP contribution in [0.2, 0.25) is 0 Å². The number of aromatic nitrogens is 3. The van der Waals surface area contributed by atoms with Crippen molar-refractivity contribution in [3.8, 4) is 5.88 Å². The number of hydrogen-bond acceptors (Lipinski definition) is 7. The number of ether oxygens (including phenoxy) is 1. The Labute approximate surface area is 161 Å². The lowest BCUT2D eigenvalue weighted by Gasteiger charge is -2.35. The molecule has 0 bridgehead atoms. The second-order valence-electron chi connectivity index (χ2n) is 7.23. The molecule has 2 aromatic heterocycles. The fraction of sp³-hybridized carbons (Fsp3) is 0.550. The second kappa shape index (κ2) is 8.52. The number of piperazine rings is 1. The number of methoxy groups -OCH3 is 1. The van der Waals surface area contributed by atoms with Crippen molar-refractivity contribution in [2.75, 3.05) is 56.2 Å². The first kappa shape index (κ1) is 18.0. The van der Waals surface area contributed by atoms with Gasteiger partial charge in [0.05, 0.1) is 7.11 Å². The van der Waals surface area contributed by atoms with Gasteiger partial charge in [-0.2, -0.15) is 4.98 Å². The number of hydrogen-bond donors (Lipinski definition) is 0. The molecule has 0 saturated carbocycles. The van der Waals surface area contributed by atoms with Crippen LogP contribution in [0, 0.1) is 0 Å². The zero-order valence-electron chi connectivity index (χ0n) is 16.0. The lowest BCUT2D eigenvalue weighted by atomic mass is 10.1. The summed E-state index contributed by atoms with van der Waals surface area (Å²) in [6, 6.07) is 6.05. The van der Waals surface area contributed by atoms with E-state index in [9.17, 15) is 0 Å². The third-order valence-corrected chi connectivity index (χ3v) is 5.38. The predicted molar refractivity (Wildman–Crippen MR) is 106 cm³/mol. The highest BCUT2D eigenvalue weighted by atomic mass is 16.5. The van der Waals surface area contributed by atoms with E-state index in [4.69, 9.17) is 9.72 Å². The first-order valence-corrected chi connectivity index (χ1v) is 9.86. The standard InChI is InChI=1S/C20H28N6O/c1-27-19-6-5-17(15-22-19)16-24-11-13-26(14-12-24)20-21-8-7-18(23-20)25-9-3-2-4-10-25/h5-8,15H,2-4,9-14,16H2,1H3. The SMILES string of the molecule is COc1ccc(CN2CCN(c3nccc(N4CCCCC4)n3)CC2)cn1. The van der Waals surface area contributed by atoms with Gasteiger partial charge in [-0.05, 0) is 30.9 Å². The Morgan fingerprint density at radius 2 is 1.70 bits per heavy atom. The Morgan fingerprint density at radius 1 is 0.889 bits per heavy atom. The molecule has 0 aromatic carbocycles. The summed E-state index contributed by atoms with van der Waals surface area (Å²) < 4.78 is 5.13. The maximum absolute atomic E-state index is 5.13. The summed E-state index contributed by atoms with van der Waals surface area (Å²) in [5.41, 5.74) is 1.22. The van der Waals surface area contributed by atoms with E-state index in [0.29, 0.717) is 5.88 Å². The summed E-state index contributed by atoms with van der Waals surface area (Å²) in [4.78, 5) is 20.8. The zero-order chi connectivity index (χ0) is 18.5. The molecule has 2 aliphatic heterocycles. The van der Waals surface area contributed by atoms with Crippen molar-refractivity contribution < 1.29 is 4.74 Å². The summed E-state index contributed by atoms with van der Waals surface area (Å²) in [5.74, 6) is 2.60. The van der Waals surface area contributed by atoms with Crippen molar-refractivity contribution in [2.24, 2.45) is 0 Å². The topological polar surface area (TPSA) is 57.6 Å². The van der Waals surface area contributed by atoms with E-state index in [1.165, 1.54) is 24.8 Å². The van der Waals surface area contributed by atoms with Gasteiger partial charge < -0.3 is 14.5 Å². The highest BCUT2D eigenvalue weighted by molar-refractivity contribution is 5.44. The minimum absolute atomic E-state index is 0.661. The predicted octanol–water partition coefficient (Wildman–Crippen LogP) is 2.19. The monoisotopic (exact) mass is 368 g/mol. The minimum Gasteiger partial charge on any atom is -0.481 e. The van der Waals surface area contributed by atoms with Crippen LogP contribution < -0.4 is 14.5 Å². The molecule has 0 spiro atoms. The van der Waals surface area contributed by atoms with E-state index >= 15 is 0 Å². The van der Waals surface area contributed by atoms with Crippen LogP contribution in [0.5, 0.6) is 5.88 Å². The smallest absolute Gasteiger partial charge is 0.227 e. The van der Waals surface area contributed by atoms with Gasteiger partial charge in [0.1, 0.15) is 5.82 Å². The summed E-state index contributed by atoms with van der Waals surface area (Å²) >= 11 is 0. The van der Waals surface area contributed by atoms with Crippen LogP contribution in [-0.4, -0.2) is 66.2 Å². The molecule has 2 saturated heterocycles. The lowest BCUT2D eigenvalue weighted by Crippen LogP contribution is -2.46. The molecule has 0 unspecified atom stereocenters. The highest BCUT2D eigenvalue weighted by Crippen LogP contribution is 2.20. The van der Waals surface area contributed by atoms with E-state index < -0.39 is 0 Å². The highest BCUT2D eigenvalue weighted by Gasteiger charge is 2.20. The van der Waals surface area contributed by atoms with Crippen LogP contribution in [0.4, 0.5) is 11.8 Å². The van der Waals surface area contributed by atoms with Gasteiger partial charge in [0.15, 0.2) is 0 Å². The largest absolute Gasteiger partial charge is 0.481 e. The fourth-order valence-electron chi connectivity index (χ4n) is 3.78. The van der Waals surface area contributed by atoms with Crippen molar-refractivity contribution in [1.82, 2.24) is 19.9 Å². The second-order valence-corrected chi connectivity index (χ2v) is 7.23. The normalized spacial score (nSPS) is 18.6. The van der Waals surface area contributed by atoms with Crippen LogP contribution in [0.3, 0.4) is 0 Å².